The fourth-order valence-electron chi connectivity index (χ4n) is 3.02. The van der Waals surface area contributed by atoms with Crippen molar-refractivity contribution < 1.29 is 14.3 Å². The van der Waals surface area contributed by atoms with E-state index in [-0.39, 0.29) is 17.9 Å². The standard InChI is InChI=1S/C21H22N2O3/c1-3-21(25)23-12-13-26-20(14-23)18-6-4-16(5-7-18)17-8-10-19(11-9-17)22-15(2)24/h3-11,20H,1,12-14H2,2H3,(H,22,24)/t20-/m0/s1. The third-order valence-corrected chi connectivity index (χ3v) is 4.37. The lowest BCUT2D eigenvalue weighted by molar-refractivity contribution is -0.133. The summed E-state index contributed by atoms with van der Waals surface area (Å²) in [5, 5.41) is 2.76. The third kappa shape index (κ3) is 4.18. The number of morpholine rings is 1. The quantitative estimate of drug-likeness (QED) is 0.860. The molecule has 0 spiro atoms. The SMILES string of the molecule is C=CC(=O)N1CCO[C@H](c2ccc(-c3ccc(NC(C)=O)cc3)cc2)C1. The number of hydrogen-bond acceptors (Lipinski definition) is 3. The summed E-state index contributed by atoms with van der Waals surface area (Å²) in [5.41, 5.74) is 3.97. The Morgan fingerprint density at radius 3 is 2.31 bits per heavy atom. The monoisotopic (exact) mass is 350 g/mol. The lowest BCUT2D eigenvalue weighted by Gasteiger charge is -2.32. The van der Waals surface area contributed by atoms with E-state index in [4.69, 9.17) is 4.74 Å². The molecule has 134 valence electrons. The second-order valence-corrected chi connectivity index (χ2v) is 6.23. The zero-order valence-corrected chi connectivity index (χ0v) is 14.8. The minimum Gasteiger partial charge on any atom is -0.370 e. The molecule has 0 unspecified atom stereocenters. The van der Waals surface area contributed by atoms with E-state index < -0.39 is 0 Å². The first-order valence-electron chi connectivity index (χ1n) is 8.58. The fourth-order valence-corrected chi connectivity index (χ4v) is 3.02. The van der Waals surface area contributed by atoms with Crippen molar-refractivity contribution in [1.29, 1.82) is 0 Å². The number of hydrogen-bond donors (Lipinski definition) is 1. The zero-order chi connectivity index (χ0) is 18.5. The molecule has 0 radical (unpaired) electrons. The topological polar surface area (TPSA) is 58.6 Å². The first-order valence-corrected chi connectivity index (χ1v) is 8.58. The van der Waals surface area contributed by atoms with Gasteiger partial charge in [-0.3, -0.25) is 9.59 Å². The largest absolute Gasteiger partial charge is 0.370 e. The molecule has 2 aromatic rings. The molecule has 0 aliphatic carbocycles. The van der Waals surface area contributed by atoms with E-state index in [9.17, 15) is 9.59 Å². The summed E-state index contributed by atoms with van der Waals surface area (Å²) in [4.78, 5) is 24.7. The maximum atomic E-state index is 11.8. The molecule has 5 heteroatoms. The lowest BCUT2D eigenvalue weighted by Crippen LogP contribution is -2.41. The van der Waals surface area contributed by atoms with Crippen LogP contribution in [-0.2, 0) is 14.3 Å². The molecule has 26 heavy (non-hydrogen) atoms. The molecular weight excluding hydrogens is 328 g/mol. The molecule has 3 rings (SSSR count). The number of carbonyl (C=O) groups is 2. The van der Waals surface area contributed by atoms with Gasteiger partial charge in [-0.1, -0.05) is 43.0 Å². The number of anilines is 1. The summed E-state index contributed by atoms with van der Waals surface area (Å²) in [6.45, 7) is 6.69. The molecule has 1 heterocycles. The molecule has 0 aromatic heterocycles. The normalized spacial score (nSPS) is 16.8. The number of amides is 2. The number of nitrogens with zero attached hydrogens (tertiary/aromatic N) is 1. The summed E-state index contributed by atoms with van der Waals surface area (Å²) in [5.74, 6) is -0.146. The lowest BCUT2D eigenvalue weighted by atomic mass is 10.0. The molecule has 1 N–H and O–H groups in total. The first kappa shape index (κ1) is 17.9. The van der Waals surface area contributed by atoms with Gasteiger partial charge in [0, 0.05) is 19.2 Å². The van der Waals surface area contributed by atoms with Crippen molar-refractivity contribution in [2.24, 2.45) is 0 Å². The number of nitrogens with one attached hydrogen (secondary N) is 1. The van der Waals surface area contributed by atoms with E-state index in [1.165, 1.54) is 13.0 Å². The minimum absolute atomic E-state index is 0.0609. The average Bonchev–Trinajstić information content (AvgIpc) is 2.68. The highest BCUT2D eigenvalue weighted by molar-refractivity contribution is 5.89. The molecule has 1 atom stereocenters. The number of benzene rings is 2. The van der Waals surface area contributed by atoms with E-state index in [1.807, 2.05) is 48.5 Å². The summed E-state index contributed by atoms with van der Waals surface area (Å²) in [6, 6.07) is 15.9. The summed E-state index contributed by atoms with van der Waals surface area (Å²) in [7, 11) is 0. The average molecular weight is 350 g/mol. The van der Waals surface area contributed by atoms with Crippen molar-refractivity contribution in [3.05, 3.63) is 66.7 Å². The van der Waals surface area contributed by atoms with Crippen LogP contribution in [0.2, 0.25) is 0 Å². The van der Waals surface area contributed by atoms with Crippen molar-refractivity contribution in [1.82, 2.24) is 4.90 Å². The van der Waals surface area contributed by atoms with Gasteiger partial charge >= 0.3 is 0 Å². The van der Waals surface area contributed by atoms with Gasteiger partial charge in [-0.25, -0.2) is 0 Å². The highest BCUT2D eigenvalue weighted by Crippen LogP contribution is 2.27. The molecule has 1 fully saturated rings. The number of rotatable bonds is 4. The van der Waals surface area contributed by atoms with Crippen molar-refractivity contribution in [2.75, 3.05) is 25.0 Å². The fraction of sp³-hybridized carbons (Fsp3) is 0.238. The molecule has 5 nitrogen and oxygen atoms in total. The van der Waals surface area contributed by atoms with Gasteiger partial charge in [0.1, 0.15) is 6.10 Å². The molecule has 1 aliphatic heterocycles. The van der Waals surface area contributed by atoms with Gasteiger partial charge in [0.25, 0.3) is 0 Å². The molecule has 1 saturated heterocycles. The molecule has 1 aliphatic rings. The van der Waals surface area contributed by atoms with Crippen LogP contribution >= 0.6 is 0 Å². The van der Waals surface area contributed by atoms with E-state index in [1.54, 1.807) is 4.90 Å². The number of ether oxygens (including phenoxy) is 1. The smallest absolute Gasteiger partial charge is 0.246 e. The molecule has 0 saturated carbocycles. The van der Waals surface area contributed by atoms with Crippen molar-refractivity contribution in [2.45, 2.75) is 13.0 Å². The van der Waals surface area contributed by atoms with Crippen LogP contribution in [0.4, 0.5) is 5.69 Å². The van der Waals surface area contributed by atoms with Crippen LogP contribution in [0.5, 0.6) is 0 Å². The van der Waals surface area contributed by atoms with Crippen LogP contribution in [-0.4, -0.2) is 36.4 Å². The van der Waals surface area contributed by atoms with Gasteiger partial charge in [-0.15, -0.1) is 0 Å². The predicted octanol–water partition coefficient (Wildman–Crippen LogP) is 3.40. The van der Waals surface area contributed by atoms with Gasteiger partial charge in [0.05, 0.1) is 13.2 Å². The van der Waals surface area contributed by atoms with Crippen molar-refractivity contribution in [3.63, 3.8) is 0 Å². The maximum Gasteiger partial charge on any atom is 0.246 e. The van der Waals surface area contributed by atoms with Crippen LogP contribution in [0, 0.1) is 0 Å². The Kier molecular flexibility index (Phi) is 5.49. The Hall–Kier alpha value is -2.92. The van der Waals surface area contributed by atoms with Crippen molar-refractivity contribution >= 4 is 17.5 Å². The van der Waals surface area contributed by atoms with Crippen LogP contribution in [0.15, 0.2) is 61.2 Å². The minimum atomic E-state index is -0.121. The Balaban J connectivity index is 1.71. The maximum absolute atomic E-state index is 11.8. The van der Waals surface area contributed by atoms with Crippen LogP contribution in [0.25, 0.3) is 11.1 Å². The van der Waals surface area contributed by atoms with Gasteiger partial charge in [0.15, 0.2) is 0 Å². The first-order chi connectivity index (χ1) is 12.6. The van der Waals surface area contributed by atoms with Crippen LogP contribution in [0.3, 0.4) is 0 Å². The summed E-state index contributed by atoms with van der Waals surface area (Å²) >= 11 is 0. The predicted molar refractivity (Wildman–Crippen MR) is 102 cm³/mol. The van der Waals surface area contributed by atoms with Gasteiger partial charge in [-0.05, 0) is 34.9 Å². The van der Waals surface area contributed by atoms with E-state index in [0.717, 1.165) is 22.4 Å². The second-order valence-electron chi connectivity index (χ2n) is 6.23. The summed E-state index contributed by atoms with van der Waals surface area (Å²) < 4.78 is 5.82. The Bertz CT molecular complexity index is 797. The van der Waals surface area contributed by atoms with Gasteiger partial charge < -0.3 is 15.0 Å². The van der Waals surface area contributed by atoms with Crippen LogP contribution in [0.1, 0.15) is 18.6 Å². The molecule has 0 bridgehead atoms. The number of carbonyl (C=O) groups excluding carboxylic acids is 2. The van der Waals surface area contributed by atoms with Gasteiger partial charge in [0.2, 0.25) is 11.8 Å². The van der Waals surface area contributed by atoms with E-state index in [2.05, 4.69) is 11.9 Å². The second kappa shape index (κ2) is 7.97. The Morgan fingerprint density at radius 1 is 1.12 bits per heavy atom. The van der Waals surface area contributed by atoms with E-state index in [0.29, 0.717) is 19.7 Å². The third-order valence-electron chi connectivity index (χ3n) is 4.37. The molecule has 2 amide bonds. The van der Waals surface area contributed by atoms with E-state index >= 15 is 0 Å². The van der Waals surface area contributed by atoms with Gasteiger partial charge in [-0.2, -0.15) is 0 Å². The highest BCUT2D eigenvalue weighted by Gasteiger charge is 2.24. The highest BCUT2D eigenvalue weighted by atomic mass is 16.5. The van der Waals surface area contributed by atoms with Crippen LogP contribution < -0.4 is 5.32 Å². The molecule has 2 aromatic carbocycles. The molecular formula is C21H22N2O3. The Labute approximate surface area is 153 Å². The zero-order valence-electron chi connectivity index (χ0n) is 14.8. The van der Waals surface area contributed by atoms with Crippen molar-refractivity contribution in [3.8, 4) is 11.1 Å². The summed E-state index contributed by atoms with van der Waals surface area (Å²) in [6.07, 6.45) is 1.22. The Morgan fingerprint density at radius 2 is 1.73 bits per heavy atom.